The maximum Gasteiger partial charge on any atom is 0.165 e. The van der Waals surface area contributed by atoms with Gasteiger partial charge in [-0.2, -0.15) is 0 Å². The molecule has 24 heavy (non-hydrogen) atoms. The van der Waals surface area contributed by atoms with Crippen molar-refractivity contribution in [3.8, 4) is 16.9 Å². The van der Waals surface area contributed by atoms with Crippen LogP contribution in [0.5, 0.6) is 5.75 Å². The molecule has 1 unspecified atom stereocenters. The molecule has 1 aliphatic heterocycles. The lowest BCUT2D eigenvalue weighted by Gasteiger charge is -2.32. The van der Waals surface area contributed by atoms with E-state index in [4.69, 9.17) is 9.47 Å². The molecule has 0 bridgehead atoms. The molecule has 2 heterocycles. The van der Waals surface area contributed by atoms with Gasteiger partial charge in [0.25, 0.3) is 0 Å². The molecular formula is C19H23FN2O2. The number of ether oxygens (including phenoxy) is 2. The van der Waals surface area contributed by atoms with Crippen LogP contribution >= 0.6 is 0 Å². The molecule has 0 saturated carbocycles. The van der Waals surface area contributed by atoms with Crippen molar-refractivity contribution < 1.29 is 13.9 Å². The van der Waals surface area contributed by atoms with Gasteiger partial charge >= 0.3 is 0 Å². The first kappa shape index (κ1) is 16.9. The van der Waals surface area contributed by atoms with E-state index in [1.165, 1.54) is 13.2 Å². The van der Waals surface area contributed by atoms with Crippen LogP contribution in [0.15, 0.2) is 36.7 Å². The highest BCUT2D eigenvalue weighted by Gasteiger charge is 2.20. The number of likely N-dealkylation sites (tertiary alicyclic amines) is 1. The summed E-state index contributed by atoms with van der Waals surface area (Å²) in [5.74, 6) is -0.106. The summed E-state index contributed by atoms with van der Waals surface area (Å²) in [4.78, 5) is 6.61. The lowest BCUT2D eigenvalue weighted by Crippen LogP contribution is -2.38. The summed E-state index contributed by atoms with van der Waals surface area (Å²) < 4.78 is 24.5. The van der Waals surface area contributed by atoms with E-state index in [0.29, 0.717) is 6.10 Å². The number of methoxy groups -OCH3 is 2. The van der Waals surface area contributed by atoms with Gasteiger partial charge in [0.05, 0.1) is 13.2 Å². The number of rotatable bonds is 5. The molecule has 2 aromatic rings. The Morgan fingerprint density at radius 2 is 2.17 bits per heavy atom. The number of piperidine rings is 1. The van der Waals surface area contributed by atoms with Crippen LogP contribution in [0, 0.1) is 5.82 Å². The number of halogens is 1. The zero-order valence-electron chi connectivity index (χ0n) is 14.2. The van der Waals surface area contributed by atoms with Crippen molar-refractivity contribution in [3.63, 3.8) is 0 Å². The van der Waals surface area contributed by atoms with Gasteiger partial charge in [0.15, 0.2) is 11.6 Å². The molecule has 1 aliphatic rings. The fourth-order valence-corrected chi connectivity index (χ4v) is 3.25. The van der Waals surface area contributed by atoms with Gasteiger partial charge in [-0.1, -0.05) is 6.07 Å². The topological polar surface area (TPSA) is 34.6 Å². The molecular weight excluding hydrogens is 307 g/mol. The summed E-state index contributed by atoms with van der Waals surface area (Å²) in [5, 5.41) is 0. The molecule has 0 N–H and O–H groups in total. The second kappa shape index (κ2) is 7.73. The molecule has 3 rings (SSSR count). The molecule has 0 aliphatic carbocycles. The van der Waals surface area contributed by atoms with E-state index in [-0.39, 0.29) is 11.6 Å². The van der Waals surface area contributed by atoms with Gasteiger partial charge in [-0.3, -0.25) is 9.88 Å². The fraction of sp³-hybridized carbons (Fsp3) is 0.421. The standard InChI is InChI=1S/C19H23FN2O2/c1-23-16-4-3-9-22(13-16)12-15-7-8-21-11-17(15)14-5-6-19(24-2)18(20)10-14/h5-8,10-11,16H,3-4,9,12-13H2,1-2H3. The van der Waals surface area contributed by atoms with Gasteiger partial charge in [0.2, 0.25) is 0 Å². The summed E-state index contributed by atoms with van der Waals surface area (Å²) in [6, 6.07) is 7.04. The van der Waals surface area contributed by atoms with Crippen molar-refractivity contribution in [1.82, 2.24) is 9.88 Å². The van der Waals surface area contributed by atoms with Crippen LogP contribution in [-0.2, 0) is 11.3 Å². The van der Waals surface area contributed by atoms with Gasteiger partial charge in [-0.05, 0) is 48.7 Å². The Labute approximate surface area is 142 Å². The molecule has 0 radical (unpaired) electrons. The summed E-state index contributed by atoms with van der Waals surface area (Å²) >= 11 is 0. The highest BCUT2D eigenvalue weighted by molar-refractivity contribution is 5.67. The monoisotopic (exact) mass is 330 g/mol. The first-order chi connectivity index (χ1) is 11.7. The Morgan fingerprint density at radius 1 is 1.29 bits per heavy atom. The number of hydrogen-bond acceptors (Lipinski definition) is 4. The van der Waals surface area contributed by atoms with Gasteiger partial charge in [-0.25, -0.2) is 4.39 Å². The van der Waals surface area contributed by atoms with E-state index in [0.717, 1.165) is 49.2 Å². The third-order valence-electron chi connectivity index (χ3n) is 4.56. The quantitative estimate of drug-likeness (QED) is 0.840. The summed E-state index contributed by atoms with van der Waals surface area (Å²) in [6.45, 7) is 2.79. The average molecular weight is 330 g/mol. The number of aromatic nitrogens is 1. The van der Waals surface area contributed by atoms with Crippen LogP contribution < -0.4 is 4.74 Å². The Morgan fingerprint density at radius 3 is 2.92 bits per heavy atom. The molecule has 1 saturated heterocycles. The van der Waals surface area contributed by atoms with E-state index >= 15 is 0 Å². The van der Waals surface area contributed by atoms with Crippen LogP contribution in [0.3, 0.4) is 0 Å². The van der Waals surface area contributed by atoms with Crippen LogP contribution in [0.1, 0.15) is 18.4 Å². The number of nitrogens with zero attached hydrogens (tertiary/aromatic N) is 2. The number of pyridine rings is 1. The van der Waals surface area contributed by atoms with Crippen molar-refractivity contribution in [2.45, 2.75) is 25.5 Å². The van der Waals surface area contributed by atoms with Crippen LogP contribution in [0.4, 0.5) is 4.39 Å². The van der Waals surface area contributed by atoms with Crippen LogP contribution in [0.2, 0.25) is 0 Å². The molecule has 0 spiro atoms. The molecule has 1 fully saturated rings. The van der Waals surface area contributed by atoms with Gasteiger partial charge in [0.1, 0.15) is 0 Å². The van der Waals surface area contributed by atoms with Crippen molar-refractivity contribution in [2.24, 2.45) is 0 Å². The van der Waals surface area contributed by atoms with Crippen LogP contribution in [-0.4, -0.2) is 43.3 Å². The van der Waals surface area contributed by atoms with E-state index in [1.54, 1.807) is 25.6 Å². The second-order valence-corrected chi connectivity index (χ2v) is 6.12. The first-order valence-electron chi connectivity index (χ1n) is 8.23. The van der Waals surface area contributed by atoms with E-state index in [1.807, 2.05) is 12.1 Å². The third kappa shape index (κ3) is 3.74. The Hall–Kier alpha value is -1.98. The predicted molar refractivity (Wildman–Crippen MR) is 91.5 cm³/mol. The molecule has 1 aromatic carbocycles. The van der Waals surface area contributed by atoms with Crippen molar-refractivity contribution >= 4 is 0 Å². The molecule has 1 aromatic heterocycles. The highest BCUT2D eigenvalue weighted by atomic mass is 19.1. The highest BCUT2D eigenvalue weighted by Crippen LogP contribution is 2.28. The molecule has 128 valence electrons. The molecule has 4 nitrogen and oxygen atoms in total. The minimum absolute atomic E-state index is 0.253. The maximum absolute atomic E-state index is 14.1. The van der Waals surface area contributed by atoms with E-state index < -0.39 is 0 Å². The van der Waals surface area contributed by atoms with Crippen molar-refractivity contribution in [2.75, 3.05) is 27.3 Å². The lowest BCUT2D eigenvalue weighted by molar-refractivity contribution is 0.0286. The summed E-state index contributed by atoms with van der Waals surface area (Å²) in [6.07, 6.45) is 6.13. The zero-order valence-corrected chi connectivity index (χ0v) is 14.2. The van der Waals surface area contributed by atoms with Gasteiger partial charge in [0, 0.05) is 38.2 Å². The normalized spacial score (nSPS) is 18.5. The van der Waals surface area contributed by atoms with Crippen LogP contribution in [0.25, 0.3) is 11.1 Å². The second-order valence-electron chi connectivity index (χ2n) is 6.12. The zero-order chi connectivity index (χ0) is 16.9. The maximum atomic E-state index is 14.1. The fourth-order valence-electron chi connectivity index (χ4n) is 3.25. The Bertz CT molecular complexity index is 693. The number of hydrogen-bond donors (Lipinski definition) is 0. The predicted octanol–water partition coefficient (Wildman–Crippen LogP) is 3.51. The SMILES string of the molecule is COc1ccc(-c2cnccc2CN2CCCC(OC)C2)cc1F. The average Bonchev–Trinajstić information content (AvgIpc) is 2.62. The molecule has 1 atom stereocenters. The lowest BCUT2D eigenvalue weighted by atomic mass is 10.00. The van der Waals surface area contributed by atoms with E-state index in [9.17, 15) is 4.39 Å². The first-order valence-corrected chi connectivity index (χ1v) is 8.23. The largest absolute Gasteiger partial charge is 0.494 e. The number of benzene rings is 1. The van der Waals surface area contributed by atoms with Crippen molar-refractivity contribution in [1.29, 1.82) is 0 Å². The minimum atomic E-state index is -0.359. The molecule has 5 heteroatoms. The Kier molecular flexibility index (Phi) is 5.43. The smallest absolute Gasteiger partial charge is 0.165 e. The summed E-state index contributed by atoms with van der Waals surface area (Å²) in [7, 11) is 3.24. The summed E-state index contributed by atoms with van der Waals surface area (Å²) in [5.41, 5.74) is 2.92. The van der Waals surface area contributed by atoms with Crippen molar-refractivity contribution in [3.05, 3.63) is 48.0 Å². The molecule has 0 amide bonds. The van der Waals surface area contributed by atoms with Gasteiger partial charge < -0.3 is 9.47 Å². The Balaban J connectivity index is 1.84. The third-order valence-corrected chi connectivity index (χ3v) is 4.56. The van der Waals surface area contributed by atoms with E-state index in [2.05, 4.69) is 9.88 Å². The van der Waals surface area contributed by atoms with Gasteiger partial charge in [-0.15, -0.1) is 0 Å². The minimum Gasteiger partial charge on any atom is -0.494 e.